The molecule has 0 saturated heterocycles. The standard InChI is InChI=1S/C22H14Cl2N4O6/c23-15-9-16(24)11-17(10-15)26-20(29)21(30)27-25-12-14-3-1-2-4-19(14)34-22(31)13-5-7-18(8-6-13)28(32)33/h1-12H,(H,26,29)(H,27,30)/b25-12+. The second kappa shape index (κ2) is 11.0. The number of ether oxygens (including phenoxy) is 1. The number of nitro benzene ring substituents is 1. The van der Waals surface area contributed by atoms with Crippen molar-refractivity contribution in [2.75, 3.05) is 5.32 Å². The molecule has 0 atom stereocenters. The highest BCUT2D eigenvalue weighted by atomic mass is 35.5. The summed E-state index contributed by atoms with van der Waals surface area (Å²) in [5, 5.41) is 17.3. The van der Waals surface area contributed by atoms with Gasteiger partial charge in [-0.2, -0.15) is 5.10 Å². The van der Waals surface area contributed by atoms with Gasteiger partial charge in [0.25, 0.3) is 5.69 Å². The number of nitro groups is 1. The highest BCUT2D eigenvalue weighted by Gasteiger charge is 2.15. The Hall–Kier alpha value is -4.28. The number of nitrogens with one attached hydrogen (secondary N) is 2. The Morgan fingerprint density at radius 3 is 2.24 bits per heavy atom. The fraction of sp³-hybridized carbons (Fsp3) is 0. The molecule has 34 heavy (non-hydrogen) atoms. The van der Waals surface area contributed by atoms with Crippen molar-refractivity contribution in [3.8, 4) is 5.75 Å². The summed E-state index contributed by atoms with van der Waals surface area (Å²) in [6.45, 7) is 0. The number of carbonyl (C=O) groups excluding carboxylic acids is 3. The second-order valence-corrected chi connectivity index (χ2v) is 7.42. The molecule has 0 aliphatic rings. The maximum absolute atomic E-state index is 12.4. The lowest BCUT2D eigenvalue weighted by atomic mass is 10.2. The van der Waals surface area contributed by atoms with E-state index >= 15 is 0 Å². The first kappa shape index (κ1) is 24.4. The predicted octanol–water partition coefficient (Wildman–Crippen LogP) is 4.21. The molecule has 10 nitrogen and oxygen atoms in total. The van der Waals surface area contributed by atoms with Crippen molar-refractivity contribution in [3.63, 3.8) is 0 Å². The van der Waals surface area contributed by atoms with Gasteiger partial charge in [0.2, 0.25) is 0 Å². The number of amides is 2. The van der Waals surface area contributed by atoms with E-state index in [0.717, 1.165) is 0 Å². The molecular weight excluding hydrogens is 487 g/mol. The van der Waals surface area contributed by atoms with Crippen molar-refractivity contribution < 1.29 is 24.0 Å². The average molecular weight is 501 g/mol. The summed E-state index contributed by atoms with van der Waals surface area (Å²) in [4.78, 5) is 46.5. The van der Waals surface area contributed by atoms with E-state index < -0.39 is 22.7 Å². The summed E-state index contributed by atoms with van der Waals surface area (Å²) in [5.41, 5.74) is 2.54. The van der Waals surface area contributed by atoms with Gasteiger partial charge in [0.1, 0.15) is 5.75 Å². The van der Waals surface area contributed by atoms with Crippen LogP contribution in [0.25, 0.3) is 0 Å². The van der Waals surface area contributed by atoms with Crippen molar-refractivity contribution in [2.45, 2.75) is 0 Å². The third-order valence-electron chi connectivity index (χ3n) is 4.13. The molecule has 172 valence electrons. The number of anilines is 1. The molecule has 0 saturated carbocycles. The number of carbonyl (C=O) groups is 3. The lowest BCUT2D eigenvalue weighted by Gasteiger charge is -2.07. The van der Waals surface area contributed by atoms with Crippen LogP contribution in [0.3, 0.4) is 0 Å². The van der Waals surface area contributed by atoms with Gasteiger partial charge >= 0.3 is 17.8 Å². The lowest BCUT2D eigenvalue weighted by molar-refractivity contribution is -0.384. The van der Waals surface area contributed by atoms with Gasteiger partial charge in [-0.1, -0.05) is 35.3 Å². The zero-order valence-electron chi connectivity index (χ0n) is 17.0. The van der Waals surface area contributed by atoms with Crippen LogP contribution in [-0.4, -0.2) is 28.9 Å². The van der Waals surface area contributed by atoms with Crippen molar-refractivity contribution in [1.29, 1.82) is 0 Å². The molecule has 2 amide bonds. The van der Waals surface area contributed by atoms with Gasteiger partial charge in [-0.25, -0.2) is 10.2 Å². The summed E-state index contributed by atoms with van der Waals surface area (Å²) in [6, 6.07) is 15.5. The number of hydrazone groups is 1. The molecule has 2 N–H and O–H groups in total. The molecule has 3 aromatic carbocycles. The van der Waals surface area contributed by atoms with E-state index in [4.69, 9.17) is 27.9 Å². The predicted molar refractivity (Wildman–Crippen MR) is 125 cm³/mol. The Kier molecular flexibility index (Phi) is 7.91. The van der Waals surface area contributed by atoms with E-state index in [2.05, 4.69) is 15.8 Å². The van der Waals surface area contributed by atoms with Crippen molar-refractivity contribution in [2.24, 2.45) is 5.10 Å². The molecule has 12 heteroatoms. The molecule has 0 heterocycles. The zero-order valence-corrected chi connectivity index (χ0v) is 18.5. The van der Waals surface area contributed by atoms with E-state index in [9.17, 15) is 24.5 Å². The lowest BCUT2D eigenvalue weighted by Crippen LogP contribution is -2.32. The molecule has 0 radical (unpaired) electrons. The smallest absolute Gasteiger partial charge is 0.343 e. The van der Waals surface area contributed by atoms with Crippen LogP contribution in [0, 0.1) is 10.1 Å². The Labute approximate surface area is 202 Å². The van der Waals surface area contributed by atoms with Crippen LogP contribution in [0.4, 0.5) is 11.4 Å². The Bertz CT molecular complexity index is 1270. The number of non-ortho nitro benzene ring substituents is 1. The zero-order chi connectivity index (χ0) is 24.7. The quantitative estimate of drug-likeness (QED) is 0.130. The van der Waals surface area contributed by atoms with Gasteiger partial charge in [-0.3, -0.25) is 19.7 Å². The maximum atomic E-state index is 12.4. The monoisotopic (exact) mass is 500 g/mol. The number of para-hydroxylation sites is 1. The van der Waals surface area contributed by atoms with E-state index in [-0.39, 0.29) is 32.7 Å². The first-order valence-electron chi connectivity index (χ1n) is 9.39. The first-order chi connectivity index (χ1) is 16.2. The van der Waals surface area contributed by atoms with Crippen molar-refractivity contribution in [3.05, 3.63) is 98.0 Å². The first-order valence-corrected chi connectivity index (χ1v) is 10.1. The summed E-state index contributed by atoms with van der Waals surface area (Å²) < 4.78 is 5.32. The number of benzene rings is 3. The molecule has 0 unspecified atom stereocenters. The van der Waals surface area contributed by atoms with Crippen LogP contribution in [0.15, 0.2) is 71.8 Å². The minimum atomic E-state index is -1.06. The third-order valence-corrected chi connectivity index (χ3v) is 4.57. The maximum Gasteiger partial charge on any atom is 0.343 e. The topological polar surface area (TPSA) is 140 Å². The van der Waals surface area contributed by atoms with Gasteiger partial charge in [0.15, 0.2) is 0 Å². The summed E-state index contributed by atoms with van der Waals surface area (Å²) in [7, 11) is 0. The average Bonchev–Trinajstić information content (AvgIpc) is 2.79. The number of rotatable bonds is 6. The van der Waals surface area contributed by atoms with Crippen molar-refractivity contribution in [1.82, 2.24) is 5.43 Å². The Balaban J connectivity index is 1.63. The fourth-order valence-electron chi connectivity index (χ4n) is 2.58. The van der Waals surface area contributed by atoms with E-state index in [0.29, 0.717) is 5.56 Å². The number of nitrogens with zero attached hydrogens (tertiary/aromatic N) is 2. The van der Waals surface area contributed by atoms with Crippen LogP contribution >= 0.6 is 23.2 Å². The molecular formula is C22H14Cl2N4O6. The minimum Gasteiger partial charge on any atom is -0.422 e. The SMILES string of the molecule is O=C(N/N=C/c1ccccc1OC(=O)c1ccc([N+](=O)[O-])cc1)C(=O)Nc1cc(Cl)cc(Cl)c1. The molecule has 0 aliphatic heterocycles. The van der Waals surface area contributed by atoms with Crippen LogP contribution in [0.2, 0.25) is 10.0 Å². The molecule has 0 aromatic heterocycles. The molecule has 0 bridgehead atoms. The normalized spacial score (nSPS) is 10.5. The van der Waals surface area contributed by atoms with Gasteiger partial charge in [-0.15, -0.1) is 0 Å². The number of hydrogen-bond acceptors (Lipinski definition) is 7. The van der Waals surface area contributed by atoms with Gasteiger partial charge in [-0.05, 0) is 42.5 Å². The molecule has 0 spiro atoms. The summed E-state index contributed by atoms with van der Waals surface area (Å²) in [6.07, 6.45) is 1.18. The molecule has 3 rings (SSSR count). The van der Waals surface area contributed by atoms with E-state index in [1.807, 2.05) is 0 Å². The highest BCUT2D eigenvalue weighted by molar-refractivity contribution is 6.40. The molecule has 3 aromatic rings. The minimum absolute atomic E-state index is 0.100. The summed E-state index contributed by atoms with van der Waals surface area (Å²) in [5.74, 6) is -2.71. The fourth-order valence-corrected chi connectivity index (χ4v) is 3.11. The second-order valence-electron chi connectivity index (χ2n) is 6.54. The Morgan fingerprint density at radius 2 is 1.59 bits per heavy atom. The van der Waals surface area contributed by atoms with Crippen LogP contribution < -0.4 is 15.5 Å². The third kappa shape index (κ3) is 6.61. The van der Waals surface area contributed by atoms with Gasteiger partial charge < -0.3 is 10.1 Å². The molecule has 0 aliphatic carbocycles. The van der Waals surface area contributed by atoms with E-state index in [1.54, 1.807) is 18.2 Å². The highest BCUT2D eigenvalue weighted by Crippen LogP contribution is 2.22. The van der Waals surface area contributed by atoms with Gasteiger partial charge in [0.05, 0.1) is 16.7 Å². The summed E-state index contributed by atoms with van der Waals surface area (Å²) >= 11 is 11.7. The van der Waals surface area contributed by atoms with Gasteiger partial charge in [0, 0.05) is 33.4 Å². The van der Waals surface area contributed by atoms with Crippen LogP contribution in [0.1, 0.15) is 15.9 Å². The number of hydrogen-bond donors (Lipinski definition) is 2. The number of esters is 1. The van der Waals surface area contributed by atoms with E-state index in [1.165, 1.54) is 54.7 Å². The Morgan fingerprint density at radius 1 is 0.941 bits per heavy atom. The van der Waals surface area contributed by atoms with Crippen LogP contribution in [0.5, 0.6) is 5.75 Å². The van der Waals surface area contributed by atoms with Crippen molar-refractivity contribution >= 4 is 58.6 Å². The molecule has 0 fully saturated rings. The largest absolute Gasteiger partial charge is 0.422 e. The number of halogens is 2. The van der Waals surface area contributed by atoms with Crippen LogP contribution in [-0.2, 0) is 9.59 Å².